The van der Waals surface area contributed by atoms with Gasteiger partial charge < -0.3 is 9.40 Å². The van der Waals surface area contributed by atoms with Crippen molar-refractivity contribution in [2.24, 2.45) is 0 Å². The minimum Gasteiger partial charge on any atom is -0.469 e. The van der Waals surface area contributed by atoms with Crippen molar-refractivity contribution in [3.8, 4) is 0 Å². The van der Waals surface area contributed by atoms with Crippen LogP contribution in [0.25, 0.3) is 0 Å². The second kappa shape index (κ2) is 2.89. The summed E-state index contributed by atoms with van der Waals surface area (Å²) in [5.41, 5.74) is 1.19. The molecule has 0 aromatic carbocycles. The molecule has 0 saturated carbocycles. The first-order chi connectivity index (χ1) is 5.88. The van der Waals surface area contributed by atoms with E-state index in [0.717, 1.165) is 5.76 Å². The van der Waals surface area contributed by atoms with Gasteiger partial charge in [-0.25, -0.2) is 0 Å². The highest BCUT2D eigenvalue weighted by Crippen LogP contribution is 2.22. The molecule has 1 N–H and O–H groups in total. The lowest BCUT2D eigenvalue weighted by Gasteiger charge is -2.04. The fraction of sp³-hybridized carbons (Fsp3) is 0.200. The minimum absolute atomic E-state index is 0.315. The summed E-state index contributed by atoms with van der Waals surface area (Å²) >= 11 is 0. The van der Waals surface area contributed by atoms with Gasteiger partial charge in [-0.3, -0.25) is 0 Å². The Labute approximate surface area is 71.2 Å². The predicted octanol–water partition coefficient (Wildman–Crippen LogP) is 2.76. The molecule has 12 heavy (non-hydrogen) atoms. The van der Waals surface area contributed by atoms with Crippen molar-refractivity contribution < 1.29 is 4.42 Å². The summed E-state index contributed by atoms with van der Waals surface area (Å²) < 4.78 is 5.30. The first-order valence-electron chi connectivity index (χ1n) is 4.04. The average molecular weight is 161 g/mol. The van der Waals surface area contributed by atoms with E-state index >= 15 is 0 Å². The molecule has 0 amide bonds. The van der Waals surface area contributed by atoms with Gasteiger partial charge in [0.1, 0.15) is 5.76 Å². The van der Waals surface area contributed by atoms with Crippen LogP contribution in [0, 0.1) is 0 Å². The maximum atomic E-state index is 5.30. The van der Waals surface area contributed by atoms with Crippen molar-refractivity contribution in [3.05, 3.63) is 48.2 Å². The molecule has 1 unspecified atom stereocenters. The van der Waals surface area contributed by atoms with Crippen molar-refractivity contribution >= 4 is 0 Å². The van der Waals surface area contributed by atoms with Crippen LogP contribution >= 0.6 is 0 Å². The van der Waals surface area contributed by atoms with Crippen LogP contribution in [-0.4, -0.2) is 4.98 Å². The number of nitrogens with one attached hydrogen (secondary N) is 1. The lowest BCUT2D eigenvalue weighted by Crippen LogP contribution is -1.93. The van der Waals surface area contributed by atoms with E-state index in [2.05, 4.69) is 18.0 Å². The third-order valence-corrected chi connectivity index (χ3v) is 2.06. The van der Waals surface area contributed by atoms with Crippen LogP contribution in [0.3, 0.4) is 0 Å². The molecule has 62 valence electrons. The Morgan fingerprint density at radius 2 is 2.25 bits per heavy atom. The van der Waals surface area contributed by atoms with E-state index in [1.165, 1.54) is 5.69 Å². The highest BCUT2D eigenvalue weighted by Gasteiger charge is 2.10. The average Bonchev–Trinajstić information content (AvgIpc) is 2.77. The number of hydrogen-bond acceptors (Lipinski definition) is 1. The Morgan fingerprint density at radius 3 is 2.83 bits per heavy atom. The zero-order chi connectivity index (χ0) is 8.39. The number of hydrogen-bond donors (Lipinski definition) is 1. The van der Waals surface area contributed by atoms with Crippen LogP contribution < -0.4 is 0 Å². The summed E-state index contributed by atoms with van der Waals surface area (Å²) in [6.45, 7) is 2.12. The van der Waals surface area contributed by atoms with Crippen LogP contribution in [0.2, 0.25) is 0 Å². The van der Waals surface area contributed by atoms with Gasteiger partial charge in [0.05, 0.1) is 12.2 Å². The van der Waals surface area contributed by atoms with E-state index in [1.807, 2.05) is 24.4 Å². The lowest BCUT2D eigenvalue weighted by atomic mass is 10.1. The van der Waals surface area contributed by atoms with Crippen molar-refractivity contribution in [2.45, 2.75) is 12.8 Å². The molecule has 0 aliphatic heterocycles. The van der Waals surface area contributed by atoms with Crippen molar-refractivity contribution in [1.29, 1.82) is 0 Å². The number of aromatic amines is 1. The molecule has 0 saturated heterocycles. The van der Waals surface area contributed by atoms with Crippen LogP contribution in [0.15, 0.2) is 41.1 Å². The van der Waals surface area contributed by atoms with E-state index in [1.54, 1.807) is 6.26 Å². The predicted molar refractivity (Wildman–Crippen MR) is 47.0 cm³/mol. The maximum absolute atomic E-state index is 5.30. The summed E-state index contributed by atoms with van der Waals surface area (Å²) in [6, 6.07) is 7.96. The second-order valence-electron chi connectivity index (χ2n) is 2.86. The molecule has 2 heterocycles. The van der Waals surface area contributed by atoms with E-state index in [9.17, 15) is 0 Å². The number of rotatable bonds is 2. The van der Waals surface area contributed by atoms with Crippen LogP contribution in [0.1, 0.15) is 24.3 Å². The maximum Gasteiger partial charge on any atom is 0.112 e. The largest absolute Gasteiger partial charge is 0.469 e. The summed E-state index contributed by atoms with van der Waals surface area (Å²) in [5, 5.41) is 0. The van der Waals surface area contributed by atoms with Gasteiger partial charge in [0.25, 0.3) is 0 Å². The molecule has 2 nitrogen and oxygen atoms in total. The van der Waals surface area contributed by atoms with Gasteiger partial charge in [-0.05, 0) is 31.2 Å². The minimum atomic E-state index is 0.315. The van der Waals surface area contributed by atoms with Gasteiger partial charge >= 0.3 is 0 Å². The first-order valence-corrected chi connectivity index (χ1v) is 4.04. The standard InChI is InChI=1S/C10H11NO/c1-8(9-4-2-6-11-9)10-5-3-7-12-10/h2-8,11H,1H3. The van der Waals surface area contributed by atoms with Crippen molar-refractivity contribution in [1.82, 2.24) is 4.98 Å². The topological polar surface area (TPSA) is 28.9 Å². The van der Waals surface area contributed by atoms with Gasteiger partial charge in [0.2, 0.25) is 0 Å². The zero-order valence-corrected chi connectivity index (χ0v) is 6.95. The number of H-pyrrole nitrogens is 1. The molecule has 2 heteroatoms. The van der Waals surface area contributed by atoms with Crippen LogP contribution in [0.5, 0.6) is 0 Å². The van der Waals surface area contributed by atoms with Gasteiger partial charge in [-0.15, -0.1) is 0 Å². The molecule has 0 bridgehead atoms. The smallest absolute Gasteiger partial charge is 0.112 e. The van der Waals surface area contributed by atoms with Crippen molar-refractivity contribution in [2.75, 3.05) is 0 Å². The lowest BCUT2D eigenvalue weighted by molar-refractivity contribution is 0.493. The monoisotopic (exact) mass is 161 g/mol. The van der Waals surface area contributed by atoms with Crippen molar-refractivity contribution in [3.63, 3.8) is 0 Å². The Bertz CT molecular complexity index is 286. The van der Waals surface area contributed by atoms with Gasteiger partial charge in [-0.2, -0.15) is 0 Å². The molecule has 1 atom stereocenters. The molecule has 2 aromatic heterocycles. The fourth-order valence-electron chi connectivity index (χ4n) is 1.30. The van der Waals surface area contributed by atoms with E-state index in [0.29, 0.717) is 5.92 Å². The van der Waals surface area contributed by atoms with E-state index in [4.69, 9.17) is 4.42 Å². The first kappa shape index (κ1) is 7.22. The summed E-state index contributed by atoms with van der Waals surface area (Å²) in [4.78, 5) is 3.17. The fourth-order valence-corrected chi connectivity index (χ4v) is 1.30. The number of aromatic nitrogens is 1. The highest BCUT2D eigenvalue weighted by atomic mass is 16.3. The SMILES string of the molecule is CC(c1ccc[nH]1)c1ccco1. The quantitative estimate of drug-likeness (QED) is 0.720. The number of furan rings is 1. The van der Waals surface area contributed by atoms with Gasteiger partial charge in [0, 0.05) is 11.9 Å². The Balaban J connectivity index is 2.27. The Morgan fingerprint density at radius 1 is 1.33 bits per heavy atom. The summed E-state index contributed by atoms with van der Waals surface area (Å²) in [5.74, 6) is 1.31. The molecular formula is C10H11NO. The molecule has 0 fully saturated rings. The molecule has 0 aliphatic rings. The molecular weight excluding hydrogens is 150 g/mol. The third-order valence-electron chi connectivity index (χ3n) is 2.06. The van der Waals surface area contributed by atoms with E-state index in [-0.39, 0.29) is 0 Å². The third kappa shape index (κ3) is 1.16. The van der Waals surface area contributed by atoms with Crippen LogP contribution in [-0.2, 0) is 0 Å². The zero-order valence-electron chi connectivity index (χ0n) is 6.95. The van der Waals surface area contributed by atoms with E-state index < -0.39 is 0 Å². The Hall–Kier alpha value is -1.44. The Kier molecular flexibility index (Phi) is 1.74. The molecule has 0 aliphatic carbocycles. The van der Waals surface area contributed by atoms with Crippen LogP contribution in [0.4, 0.5) is 0 Å². The van der Waals surface area contributed by atoms with Gasteiger partial charge in [-0.1, -0.05) is 0 Å². The second-order valence-corrected chi connectivity index (χ2v) is 2.86. The highest BCUT2D eigenvalue weighted by molar-refractivity contribution is 5.19. The normalized spacial score (nSPS) is 13.1. The van der Waals surface area contributed by atoms with Gasteiger partial charge in [0.15, 0.2) is 0 Å². The molecule has 0 radical (unpaired) electrons. The summed E-state index contributed by atoms with van der Waals surface area (Å²) in [6.07, 6.45) is 3.63. The molecule has 2 rings (SSSR count). The molecule has 2 aromatic rings. The molecule has 0 spiro atoms. The summed E-state index contributed by atoms with van der Waals surface area (Å²) in [7, 11) is 0.